The Balaban J connectivity index is 2.07. The lowest BCUT2D eigenvalue weighted by atomic mass is 9.96. The van der Waals surface area contributed by atoms with Gasteiger partial charge in [-0.25, -0.2) is 4.98 Å². The molecule has 0 aliphatic rings. The fraction of sp³-hybridized carbons (Fsp3) is 0.222. The van der Waals surface area contributed by atoms with E-state index in [1.807, 2.05) is 13.0 Å². The van der Waals surface area contributed by atoms with E-state index in [1.165, 1.54) is 5.56 Å². The Morgan fingerprint density at radius 2 is 2.04 bits per heavy atom. The van der Waals surface area contributed by atoms with Gasteiger partial charge in [0.2, 0.25) is 0 Å². The molecule has 0 saturated heterocycles. The van der Waals surface area contributed by atoms with Crippen LogP contribution in [0.15, 0.2) is 28.9 Å². The van der Waals surface area contributed by atoms with Gasteiger partial charge in [0.05, 0.1) is 11.2 Å². The van der Waals surface area contributed by atoms with Crippen LogP contribution in [0.2, 0.25) is 5.15 Å². The summed E-state index contributed by atoms with van der Waals surface area (Å²) in [6.07, 6.45) is 2.56. The van der Waals surface area contributed by atoms with Gasteiger partial charge in [-0.05, 0) is 49.6 Å². The van der Waals surface area contributed by atoms with Crippen molar-refractivity contribution >= 4 is 33.4 Å². The minimum Gasteiger partial charge on any atom is -0.361 e. The first-order valence-corrected chi connectivity index (χ1v) is 8.00. The molecule has 4 aromatic rings. The van der Waals surface area contributed by atoms with E-state index in [9.17, 15) is 0 Å². The number of nitrogens with zero attached hydrogens (tertiary/aromatic N) is 2. The summed E-state index contributed by atoms with van der Waals surface area (Å²) in [6.45, 7) is 6.14. The van der Waals surface area contributed by atoms with Gasteiger partial charge in [0.1, 0.15) is 10.9 Å². The van der Waals surface area contributed by atoms with Crippen LogP contribution in [-0.2, 0) is 6.42 Å². The predicted octanol–water partition coefficient (Wildman–Crippen LogP) is 5.20. The van der Waals surface area contributed by atoms with Gasteiger partial charge in [-0.1, -0.05) is 23.7 Å². The van der Waals surface area contributed by atoms with Crippen LogP contribution in [0, 0.1) is 13.8 Å². The van der Waals surface area contributed by atoms with Crippen LogP contribution in [0.1, 0.15) is 23.9 Å². The average Bonchev–Trinajstić information content (AvgIpc) is 3.07. The molecule has 0 aliphatic heterocycles. The molecule has 0 saturated carbocycles. The molecule has 0 atom stereocenters. The second-order valence-corrected chi connectivity index (χ2v) is 6.13. The monoisotopic (exact) mass is 325 g/mol. The highest BCUT2D eigenvalue weighted by molar-refractivity contribution is 6.36. The number of aromatic nitrogens is 3. The van der Waals surface area contributed by atoms with Crippen molar-refractivity contribution in [3.63, 3.8) is 0 Å². The lowest BCUT2D eigenvalue weighted by Crippen LogP contribution is -1.90. The van der Waals surface area contributed by atoms with Crippen LogP contribution < -0.4 is 0 Å². The Morgan fingerprint density at radius 3 is 2.83 bits per heavy atom. The number of pyridine rings is 1. The fourth-order valence-corrected chi connectivity index (χ4v) is 3.49. The van der Waals surface area contributed by atoms with Gasteiger partial charge in [-0.2, -0.15) is 0 Å². The molecule has 4 rings (SSSR count). The van der Waals surface area contributed by atoms with Crippen molar-refractivity contribution in [3.05, 3.63) is 46.6 Å². The van der Waals surface area contributed by atoms with Crippen LogP contribution in [0.3, 0.4) is 0 Å². The summed E-state index contributed by atoms with van der Waals surface area (Å²) in [4.78, 5) is 7.62. The van der Waals surface area contributed by atoms with Crippen LogP contribution >= 0.6 is 11.6 Å². The number of hydrogen-bond acceptors (Lipinski definition) is 3. The lowest BCUT2D eigenvalue weighted by Gasteiger charge is -2.07. The first-order valence-electron chi connectivity index (χ1n) is 7.62. The first-order chi connectivity index (χ1) is 11.1. The van der Waals surface area contributed by atoms with E-state index in [0.717, 1.165) is 50.8 Å². The largest absolute Gasteiger partial charge is 0.361 e. The maximum atomic E-state index is 6.29. The zero-order valence-corrected chi connectivity index (χ0v) is 14.0. The normalized spacial score (nSPS) is 11.7. The quantitative estimate of drug-likeness (QED) is 0.515. The second-order valence-electron chi connectivity index (χ2n) is 5.78. The molecule has 0 spiro atoms. The van der Waals surface area contributed by atoms with E-state index < -0.39 is 0 Å². The molecule has 1 aromatic carbocycles. The SMILES string of the molecule is CCc1noc(C)c1-c1cc2[nH]c3ccnc(Cl)c3c2cc1C. The molecule has 23 heavy (non-hydrogen) atoms. The van der Waals surface area contributed by atoms with Gasteiger partial charge in [0.15, 0.2) is 0 Å². The van der Waals surface area contributed by atoms with Gasteiger partial charge in [-0.3, -0.25) is 0 Å². The second kappa shape index (κ2) is 5.10. The molecule has 0 radical (unpaired) electrons. The van der Waals surface area contributed by atoms with E-state index in [1.54, 1.807) is 6.20 Å². The van der Waals surface area contributed by atoms with Gasteiger partial charge < -0.3 is 9.51 Å². The minimum atomic E-state index is 0.524. The summed E-state index contributed by atoms with van der Waals surface area (Å²) in [5.74, 6) is 0.847. The highest BCUT2D eigenvalue weighted by atomic mass is 35.5. The van der Waals surface area contributed by atoms with Gasteiger partial charge >= 0.3 is 0 Å². The molecule has 0 unspecified atom stereocenters. The molecule has 4 nitrogen and oxygen atoms in total. The molecule has 3 heterocycles. The third kappa shape index (κ3) is 2.05. The van der Waals surface area contributed by atoms with Gasteiger partial charge in [-0.15, -0.1) is 0 Å². The van der Waals surface area contributed by atoms with E-state index >= 15 is 0 Å². The molecular weight excluding hydrogens is 310 g/mol. The molecule has 1 N–H and O–H groups in total. The van der Waals surface area contributed by atoms with Crippen molar-refractivity contribution in [2.24, 2.45) is 0 Å². The Bertz CT molecular complexity index is 1050. The number of rotatable bonds is 2. The molecule has 5 heteroatoms. The first kappa shape index (κ1) is 14.3. The molecule has 3 aromatic heterocycles. The Labute approximate surface area is 138 Å². The molecule has 0 aliphatic carbocycles. The number of nitrogens with one attached hydrogen (secondary N) is 1. The molecular formula is C18H16ClN3O. The van der Waals surface area contributed by atoms with E-state index in [-0.39, 0.29) is 0 Å². The summed E-state index contributed by atoms with van der Waals surface area (Å²) >= 11 is 6.29. The zero-order valence-electron chi connectivity index (χ0n) is 13.2. The summed E-state index contributed by atoms with van der Waals surface area (Å²) in [5.41, 5.74) is 6.42. The average molecular weight is 326 g/mol. The summed E-state index contributed by atoms with van der Waals surface area (Å²) in [6, 6.07) is 6.25. The Kier molecular flexibility index (Phi) is 3.16. The van der Waals surface area contributed by atoms with Crippen molar-refractivity contribution in [2.45, 2.75) is 27.2 Å². The highest BCUT2D eigenvalue weighted by Gasteiger charge is 2.18. The Hall–Kier alpha value is -2.33. The van der Waals surface area contributed by atoms with Crippen LogP contribution in [-0.4, -0.2) is 15.1 Å². The number of fused-ring (bicyclic) bond motifs is 3. The van der Waals surface area contributed by atoms with Crippen molar-refractivity contribution in [1.82, 2.24) is 15.1 Å². The zero-order chi connectivity index (χ0) is 16.1. The predicted molar refractivity (Wildman–Crippen MR) is 93.0 cm³/mol. The topological polar surface area (TPSA) is 54.7 Å². The number of benzene rings is 1. The van der Waals surface area contributed by atoms with E-state index in [0.29, 0.717) is 5.15 Å². The third-order valence-corrected chi connectivity index (χ3v) is 4.63. The highest BCUT2D eigenvalue weighted by Crippen LogP contribution is 2.37. The number of halogens is 1. The van der Waals surface area contributed by atoms with Crippen molar-refractivity contribution in [3.8, 4) is 11.1 Å². The van der Waals surface area contributed by atoms with Gasteiger partial charge in [0, 0.05) is 28.0 Å². The summed E-state index contributed by atoms with van der Waals surface area (Å²) in [5, 5.41) is 6.76. The van der Waals surface area contributed by atoms with Crippen LogP contribution in [0.25, 0.3) is 32.9 Å². The number of aryl methyl sites for hydroxylation is 3. The van der Waals surface area contributed by atoms with Crippen molar-refractivity contribution < 1.29 is 4.52 Å². The minimum absolute atomic E-state index is 0.524. The maximum Gasteiger partial charge on any atom is 0.141 e. The number of hydrogen-bond donors (Lipinski definition) is 1. The van der Waals surface area contributed by atoms with Crippen LogP contribution in [0.5, 0.6) is 0 Å². The molecule has 0 bridgehead atoms. The molecule has 0 amide bonds. The lowest BCUT2D eigenvalue weighted by molar-refractivity contribution is 0.391. The van der Waals surface area contributed by atoms with E-state index in [4.69, 9.17) is 16.1 Å². The summed E-state index contributed by atoms with van der Waals surface area (Å²) < 4.78 is 5.39. The smallest absolute Gasteiger partial charge is 0.141 e. The number of H-pyrrole nitrogens is 1. The van der Waals surface area contributed by atoms with E-state index in [2.05, 4.69) is 41.1 Å². The third-order valence-electron chi connectivity index (χ3n) is 4.35. The molecule has 0 fully saturated rings. The maximum absolute atomic E-state index is 6.29. The standard InChI is InChI=1S/C18H16ClN3O/c1-4-13-16(10(3)23-22-13)11-8-15-12(7-9(11)2)17-14(21-15)5-6-20-18(17)19/h5-8,21H,4H2,1-3H3. The fourth-order valence-electron chi connectivity index (χ4n) is 3.23. The summed E-state index contributed by atoms with van der Waals surface area (Å²) in [7, 11) is 0. The van der Waals surface area contributed by atoms with Gasteiger partial charge in [0.25, 0.3) is 0 Å². The van der Waals surface area contributed by atoms with Crippen LogP contribution in [0.4, 0.5) is 0 Å². The molecule has 116 valence electrons. The van der Waals surface area contributed by atoms with Crippen molar-refractivity contribution in [1.29, 1.82) is 0 Å². The van der Waals surface area contributed by atoms with Crippen molar-refractivity contribution in [2.75, 3.05) is 0 Å². The Morgan fingerprint density at radius 1 is 1.22 bits per heavy atom. The number of aromatic amines is 1.